The highest BCUT2D eigenvalue weighted by Gasteiger charge is 2.24. The van der Waals surface area contributed by atoms with Crippen LogP contribution >= 0.6 is 11.6 Å². The molecule has 1 aromatic carbocycles. The highest BCUT2D eigenvalue weighted by Crippen LogP contribution is 2.16. The van der Waals surface area contributed by atoms with E-state index in [4.69, 9.17) is 11.6 Å². The lowest BCUT2D eigenvalue weighted by Crippen LogP contribution is -2.36. The average molecular weight is 361 g/mol. The van der Waals surface area contributed by atoms with Crippen LogP contribution < -0.4 is 5.32 Å². The zero-order valence-corrected chi connectivity index (χ0v) is 13.8. The van der Waals surface area contributed by atoms with Gasteiger partial charge in [-0.3, -0.25) is 9.59 Å². The van der Waals surface area contributed by atoms with Crippen LogP contribution in [0.5, 0.6) is 0 Å². The molecule has 2 aromatic rings. The van der Waals surface area contributed by atoms with Crippen molar-refractivity contribution in [2.45, 2.75) is 19.4 Å². The Bertz CT molecular complexity index is 822. The standard InChI is InChI=1S/C17H14ClFN4O2/c18-15-7-5-13(9-20-15)21-17(25)14-6-8-16(24)23(22-14)10-11-1-3-12(19)4-2-11/h1-5,7,9H,6,8,10H2,(H,21,25). The van der Waals surface area contributed by atoms with Gasteiger partial charge in [0.25, 0.3) is 5.91 Å². The summed E-state index contributed by atoms with van der Waals surface area (Å²) in [5.41, 5.74) is 1.46. The molecule has 0 atom stereocenters. The summed E-state index contributed by atoms with van der Waals surface area (Å²) >= 11 is 5.70. The van der Waals surface area contributed by atoms with Crippen LogP contribution in [0.25, 0.3) is 0 Å². The molecular formula is C17H14ClFN4O2. The first-order chi connectivity index (χ1) is 12.0. The number of anilines is 1. The molecule has 2 heterocycles. The van der Waals surface area contributed by atoms with Crippen molar-refractivity contribution in [1.29, 1.82) is 0 Å². The van der Waals surface area contributed by atoms with Crippen LogP contribution in [0.1, 0.15) is 18.4 Å². The molecule has 0 saturated carbocycles. The van der Waals surface area contributed by atoms with Crippen molar-refractivity contribution < 1.29 is 14.0 Å². The van der Waals surface area contributed by atoms with E-state index in [-0.39, 0.29) is 36.8 Å². The van der Waals surface area contributed by atoms with Crippen molar-refractivity contribution in [3.63, 3.8) is 0 Å². The van der Waals surface area contributed by atoms with Crippen molar-refractivity contribution in [2.24, 2.45) is 5.10 Å². The third-order valence-corrected chi connectivity index (χ3v) is 3.82. The first-order valence-corrected chi connectivity index (χ1v) is 7.94. The summed E-state index contributed by atoms with van der Waals surface area (Å²) < 4.78 is 13.0. The third kappa shape index (κ3) is 4.39. The maximum absolute atomic E-state index is 13.0. The Hall–Kier alpha value is -2.80. The normalized spacial score (nSPS) is 14.2. The van der Waals surface area contributed by atoms with Gasteiger partial charge in [-0.2, -0.15) is 5.10 Å². The smallest absolute Gasteiger partial charge is 0.271 e. The second-order valence-electron chi connectivity index (χ2n) is 5.45. The molecule has 1 aliphatic rings. The van der Waals surface area contributed by atoms with Crippen LogP contribution in [-0.2, 0) is 16.1 Å². The Labute approximate surface area is 148 Å². The van der Waals surface area contributed by atoms with Crippen LogP contribution in [0.4, 0.5) is 10.1 Å². The zero-order chi connectivity index (χ0) is 17.8. The van der Waals surface area contributed by atoms with Gasteiger partial charge in [0.1, 0.15) is 16.7 Å². The number of benzene rings is 1. The van der Waals surface area contributed by atoms with Crippen LogP contribution in [0.3, 0.4) is 0 Å². The van der Waals surface area contributed by atoms with Gasteiger partial charge in [-0.15, -0.1) is 0 Å². The Balaban J connectivity index is 1.72. The van der Waals surface area contributed by atoms with Gasteiger partial charge in [-0.25, -0.2) is 14.4 Å². The molecule has 0 saturated heterocycles. The number of aromatic nitrogens is 1. The van der Waals surface area contributed by atoms with E-state index in [0.29, 0.717) is 10.8 Å². The zero-order valence-electron chi connectivity index (χ0n) is 13.1. The van der Waals surface area contributed by atoms with E-state index in [1.165, 1.54) is 23.3 Å². The van der Waals surface area contributed by atoms with E-state index >= 15 is 0 Å². The van der Waals surface area contributed by atoms with E-state index < -0.39 is 5.91 Å². The molecule has 8 heteroatoms. The molecule has 6 nitrogen and oxygen atoms in total. The fraction of sp³-hybridized carbons (Fsp3) is 0.176. The van der Waals surface area contributed by atoms with E-state index in [2.05, 4.69) is 15.4 Å². The maximum atomic E-state index is 13.0. The Morgan fingerprint density at radius 1 is 1.20 bits per heavy atom. The van der Waals surface area contributed by atoms with Gasteiger partial charge in [0, 0.05) is 12.8 Å². The minimum atomic E-state index is -0.402. The summed E-state index contributed by atoms with van der Waals surface area (Å²) in [6.07, 6.45) is 1.88. The molecule has 0 fully saturated rings. The van der Waals surface area contributed by atoms with Gasteiger partial charge >= 0.3 is 0 Å². The Kier molecular flexibility index (Phi) is 5.04. The van der Waals surface area contributed by atoms with Gasteiger partial charge in [0.2, 0.25) is 5.91 Å². The highest BCUT2D eigenvalue weighted by molar-refractivity contribution is 6.43. The number of carbonyl (C=O) groups is 2. The topological polar surface area (TPSA) is 74.7 Å². The highest BCUT2D eigenvalue weighted by atomic mass is 35.5. The second kappa shape index (κ2) is 7.40. The molecule has 0 spiro atoms. The van der Waals surface area contributed by atoms with Crippen molar-refractivity contribution in [2.75, 3.05) is 5.32 Å². The molecule has 1 aromatic heterocycles. The van der Waals surface area contributed by atoms with Crippen LogP contribution in [-0.4, -0.2) is 27.5 Å². The first kappa shape index (κ1) is 17.0. The second-order valence-corrected chi connectivity index (χ2v) is 5.84. The Morgan fingerprint density at radius 2 is 1.96 bits per heavy atom. The minimum Gasteiger partial charge on any atom is -0.319 e. The molecule has 2 amide bonds. The predicted octanol–water partition coefficient (Wildman–Crippen LogP) is 2.99. The van der Waals surface area contributed by atoms with Gasteiger partial charge in [-0.05, 0) is 29.8 Å². The average Bonchev–Trinajstić information content (AvgIpc) is 2.60. The van der Waals surface area contributed by atoms with E-state index in [1.807, 2.05) is 0 Å². The number of nitrogens with zero attached hydrogens (tertiary/aromatic N) is 3. The molecule has 0 aliphatic carbocycles. The Morgan fingerprint density at radius 3 is 2.64 bits per heavy atom. The summed E-state index contributed by atoms with van der Waals surface area (Å²) in [6, 6.07) is 8.96. The molecule has 0 radical (unpaired) electrons. The number of nitrogens with one attached hydrogen (secondary N) is 1. The molecule has 1 aliphatic heterocycles. The van der Waals surface area contributed by atoms with Crippen LogP contribution in [0.15, 0.2) is 47.7 Å². The molecule has 0 bridgehead atoms. The number of rotatable bonds is 4. The van der Waals surface area contributed by atoms with Crippen molar-refractivity contribution in [1.82, 2.24) is 9.99 Å². The van der Waals surface area contributed by atoms with Crippen molar-refractivity contribution in [3.05, 3.63) is 59.1 Å². The number of pyridine rings is 1. The molecule has 3 rings (SSSR count). The van der Waals surface area contributed by atoms with E-state index in [0.717, 1.165) is 5.56 Å². The number of hydrogen-bond donors (Lipinski definition) is 1. The molecule has 1 N–H and O–H groups in total. The summed E-state index contributed by atoms with van der Waals surface area (Å²) in [7, 11) is 0. The van der Waals surface area contributed by atoms with Gasteiger partial charge in [-0.1, -0.05) is 23.7 Å². The number of carbonyl (C=O) groups excluding carboxylic acids is 2. The SMILES string of the molecule is O=C(Nc1ccc(Cl)nc1)C1=NN(Cc2ccc(F)cc2)C(=O)CC1. The number of hydrazone groups is 1. The quantitative estimate of drug-likeness (QED) is 0.852. The summed E-state index contributed by atoms with van der Waals surface area (Å²) in [5.74, 6) is -0.941. The molecule has 25 heavy (non-hydrogen) atoms. The van der Waals surface area contributed by atoms with Gasteiger partial charge in [0.05, 0.1) is 18.4 Å². The maximum Gasteiger partial charge on any atom is 0.271 e. The lowest BCUT2D eigenvalue weighted by Gasteiger charge is -2.23. The van der Waals surface area contributed by atoms with Crippen molar-refractivity contribution in [3.8, 4) is 0 Å². The lowest BCUT2D eigenvalue weighted by molar-refractivity contribution is -0.132. The number of halogens is 2. The monoisotopic (exact) mass is 360 g/mol. The summed E-state index contributed by atoms with van der Waals surface area (Å²) in [5, 5.41) is 8.36. The molecule has 0 unspecified atom stereocenters. The van der Waals surface area contributed by atoms with Gasteiger partial charge < -0.3 is 5.32 Å². The number of amides is 2. The third-order valence-electron chi connectivity index (χ3n) is 3.60. The van der Waals surface area contributed by atoms with Crippen molar-refractivity contribution >= 4 is 34.8 Å². The lowest BCUT2D eigenvalue weighted by atomic mass is 10.1. The van der Waals surface area contributed by atoms with Crippen LogP contribution in [0.2, 0.25) is 5.15 Å². The molecular weight excluding hydrogens is 347 g/mol. The van der Waals surface area contributed by atoms with E-state index in [1.54, 1.807) is 24.3 Å². The predicted molar refractivity (Wildman–Crippen MR) is 91.5 cm³/mol. The summed E-state index contributed by atoms with van der Waals surface area (Å²) in [4.78, 5) is 28.2. The molecule has 128 valence electrons. The van der Waals surface area contributed by atoms with Gasteiger partial charge in [0.15, 0.2) is 0 Å². The summed E-state index contributed by atoms with van der Waals surface area (Å²) in [6.45, 7) is 0.179. The number of hydrogen-bond acceptors (Lipinski definition) is 4. The largest absolute Gasteiger partial charge is 0.319 e. The minimum absolute atomic E-state index is 0.179. The fourth-order valence-corrected chi connectivity index (χ4v) is 2.42. The van der Waals surface area contributed by atoms with Crippen LogP contribution in [0, 0.1) is 5.82 Å². The fourth-order valence-electron chi connectivity index (χ4n) is 2.30. The van der Waals surface area contributed by atoms with E-state index in [9.17, 15) is 14.0 Å². The first-order valence-electron chi connectivity index (χ1n) is 7.56.